The molecule has 0 spiro atoms. The summed E-state index contributed by atoms with van der Waals surface area (Å²) in [5, 5.41) is 0. The van der Waals surface area contributed by atoms with Gasteiger partial charge in [0.05, 0.1) is 13.2 Å². The zero-order valence-electron chi connectivity index (χ0n) is 17.2. The number of ether oxygens (including phenoxy) is 4. The lowest BCUT2D eigenvalue weighted by Gasteiger charge is -2.37. The van der Waals surface area contributed by atoms with Gasteiger partial charge < -0.3 is 18.9 Å². The van der Waals surface area contributed by atoms with Gasteiger partial charge in [0.2, 0.25) is 0 Å². The Kier molecular flexibility index (Phi) is 12.8. The van der Waals surface area contributed by atoms with E-state index in [-0.39, 0.29) is 0 Å². The molecule has 2 unspecified atom stereocenters. The van der Waals surface area contributed by atoms with Gasteiger partial charge in [0.15, 0.2) is 5.79 Å². The molecule has 0 bridgehead atoms. The van der Waals surface area contributed by atoms with E-state index in [4.69, 9.17) is 18.9 Å². The molecule has 150 valence electrons. The van der Waals surface area contributed by atoms with Crippen LogP contribution in [0.1, 0.15) is 85.5 Å². The van der Waals surface area contributed by atoms with Gasteiger partial charge in [0.25, 0.3) is 0 Å². The van der Waals surface area contributed by atoms with Crippen molar-refractivity contribution in [2.24, 2.45) is 5.92 Å². The van der Waals surface area contributed by atoms with Crippen molar-refractivity contribution in [3.05, 3.63) is 0 Å². The van der Waals surface area contributed by atoms with Gasteiger partial charge >= 0.3 is 0 Å². The molecule has 0 amide bonds. The van der Waals surface area contributed by atoms with Crippen LogP contribution in [0.2, 0.25) is 0 Å². The Hall–Kier alpha value is -0.160. The van der Waals surface area contributed by atoms with Gasteiger partial charge in [-0.25, -0.2) is 0 Å². The van der Waals surface area contributed by atoms with E-state index in [2.05, 4.69) is 27.7 Å². The minimum atomic E-state index is -0.466. The van der Waals surface area contributed by atoms with E-state index in [0.29, 0.717) is 25.2 Å². The summed E-state index contributed by atoms with van der Waals surface area (Å²) in [4.78, 5) is 0. The Morgan fingerprint density at radius 3 is 2.12 bits per heavy atom. The van der Waals surface area contributed by atoms with Gasteiger partial charge in [-0.05, 0) is 40.0 Å². The summed E-state index contributed by atoms with van der Waals surface area (Å²) in [6, 6.07) is 0. The molecule has 25 heavy (non-hydrogen) atoms. The molecule has 1 fully saturated rings. The van der Waals surface area contributed by atoms with E-state index in [1.54, 1.807) is 0 Å². The fourth-order valence-corrected chi connectivity index (χ4v) is 3.50. The lowest BCUT2D eigenvalue weighted by Crippen LogP contribution is -2.41. The van der Waals surface area contributed by atoms with Crippen molar-refractivity contribution in [1.29, 1.82) is 0 Å². The normalized spacial score (nSPS) is 18.5. The first kappa shape index (κ1) is 22.9. The van der Waals surface area contributed by atoms with Crippen molar-refractivity contribution in [3.63, 3.8) is 0 Å². The van der Waals surface area contributed by atoms with Crippen molar-refractivity contribution in [3.8, 4) is 0 Å². The van der Waals surface area contributed by atoms with Crippen molar-refractivity contribution in [2.45, 2.75) is 97.4 Å². The second-order valence-electron chi connectivity index (χ2n) is 7.31. The van der Waals surface area contributed by atoms with Crippen LogP contribution in [0.15, 0.2) is 0 Å². The van der Waals surface area contributed by atoms with Crippen LogP contribution < -0.4 is 0 Å². The fourth-order valence-electron chi connectivity index (χ4n) is 3.50. The maximum Gasteiger partial charge on any atom is 0.168 e. The van der Waals surface area contributed by atoms with E-state index in [0.717, 1.165) is 32.7 Å². The Bertz CT molecular complexity index is 298. The van der Waals surface area contributed by atoms with E-state index < -0.39 is 5.79 Å². The molecule has 2 atom stereocenters. The highest BCUT2D eigenvalue weighted by molar-refractivity contribution is 4.76. The molecule has 1 aliphatic heterocycles. The van der Waals surface area contributed by atoms with Crippen molar-refractivity contribution >= 4 is 0 Å². The molecule has 0 N–H and O–H groups in total. The van der Waals surface area contributed by atoms with Crippen molar-refractivity contribution < 1.29 is 18.9 Å². The standard InChI is InChI=1S/C21H42O4/c1-5-8-9-10-11-12-14-19(21(4,24-6-2)25-7-3)15-13-16-22-17-20-18-23-20/h19-20H,5-18H2,1-4H3. The second-order valence-corrected chi connectivity index (χ2v) is 7.31. The molecule has 1 heterocycles. The first-order valence-corrected chi connectivity index (χ1v) is 10.6. The molecule has 0 radical (unpaired) electrons. The summed E-state index contributed by atoms with van der Waals surface area (Å²) < 4.78 is 23.0. The van der Waals surface area contributed by atoms with Crippen LogP contribution in [0.5, 0.6) is 0 Å². The minimum absolute atomic E-state index is 0.357. The first-order chi connectivity index (χ1) is 12.2. The fraction of sp³-hybridized carbons (Fsp3) is 1.00. The molecule has 1 aliphatic rings. The highest BCUT2D eigenvalue weighted by atomic mass is 16.7. The first-order valence-electron chi connectivity index (χ1n) is 10.6. The molecule has 4 nitrogen and oxygen atoms in total. The van der Waals surface area contributed by atoms with Gasteiger partial charge in [-0.3, -0.25) is 0 Å². The number of rotatable bonds is 18. The van der Waals surface area contributed by atoms with Gasteiger partial charge in [-0.2, -0.15) is 0 Å². The molecule has 4 heteroatoms. The zero-order valence-corrected chi connectivity index (χ0v) is 17.2. The van der Waals surface area contributed by atoms with Crippen molar-refractivity contribution in [1.82, 2.24) is 0 Å². The van der Waals surface area contributed by atoms with Gasteiger partial charge in [-0.1, -0.05) is 45.4 Å². The summed E-state index contributed by atoms with van der Waals surface area (Å²) >= 11 is 0. The average molecular weight is 359 g/mol. The van der Waals surface area contributed by atoms with Crippen LogP contribution in [-0.4, -0.2) is 44.9 Å². The molecule has 1 saturated heterocycles. The summed E-state index contributed by atoms with van der Waals surface area (Å²) in [7, 11) is 0. The largest absolute Gasteiger partial charge is 0.379 e. The van der Waals surface area contributed by atoms with Crippen LogP contribution in [0.25, 0.3) is 0 Å². The van der Waals surface area contributed by atoms with Crippen LogP contribution in [0.4, 0.5) is 0 Å². The average Bonchev–Trinajstić information content (AvgIpc) is 3.40. The second kappa shape index (κ2) is 14.0. The molecular weight excluding hydrogens is 316 g/mol. The summed E-state index contributed by atoms with van der Waals surface area (Å²) in [5.74, 6) is -0.0358. The predicted octanol–water partition coefficient (Wildman–Crippen LogP) is 5.34. The molecule has 0 aromatic heterocycles. The third-order valence-electron chi connectivity index (χ3n) is 5.06. The van der Waals surface area contributed by atoms with E-state index in [1.165, 1.54) is 44.9 Å². The topological polar surface area (TPSA) is 40.2 Å². The maximum absolute atomic E-state index is 6.05. The Morgan fingerprint density at radius 2 is 1.52 bits per heavy atom. The van der Waals surface area contributed by atoms with E-state index in [1.807, 2.05) is 0 Å². The highest BCUT2D eigenvalue weighted by Gasteiger charge is 2.35. The third-order valence-corrected chi connectivity index (χ3v) is 5.06. The number of hydrogen-bond acceptors (Lipinski definition) is 4. The van der Waals surface area contributed by atoms with Crippen LogP contribution in [0, 0.1) is 5.92 Å². The van der Waals surface area contributed by atoms with Crippen LogP contribution >= 0.6 is 0 Å². The Morgan fingerprint density at radius 1 is 0.920 bits per heavy atom. The smallest absolute Gasteiger partial charge is 0.168 e. The van der Waals surface area contributed by atoms with Crippen molar-refractivity contribution in [2.75, 3.05) is 33.0 Å². The maximum atomic E-state index is 6.05. The van der Waals surface area contributed by atoms with E-state index >= 15 is 0 Å². The van der Waals surface area contributed by atoms with Gasteiger partial charge in [-0.15, -0.1) is 0 Å². The Balaban J connectivity index is 2.36. The molecule has 0 saturated carbocycles. The molecule has 0 aromatic rings. The molecule has 1 rings (SSSR count). The summed E-state index contributed by atoms with van der Waals surface area (Å²) in [6.07, 6.45) is 11.7. The number of epoxide rings is 1. The molecular formula is C21H42O4. The van der Waals surface area contributed by atoms with E-state index in [9.17, 15) is 0 Å². The predicted molar refractivity (Wildman–Crippen MR) is 103 cm³/mol. The highest BCUT2D eigenvalue weighted by Crippen LogP contribution is 2.32. The Labute approximate surface area is 155 Å². The van der Waals surface area contributed by atoms with Crippen LogP contribution in [0.3, 0.4) is 0 Å². The molecule has 0 aromatic carbocycles. The van der Waals surface area contributed by atoms with Gasteiger partial charge in [0, 0.05) is 25.7 Å². The quantitative estimate of drug-likeness (QED) is 0.188. The monoisotopic (exact) mass is 358 g/mol. The SMILES string of the molecule is CCCCCCCCC(CCCOCC1CO1)C(C)(OCC)OCC. The minimum Gasteiger partial charge on any atom is -0.379 e. The lowest BCUT2D eigenvalue weighted by molar-refractivity contribution is -0.254. The third kappa shape index (κ3) is 10.5. The zero-order chi connectivity index (χ0) is 18.4. The lowest BCUT2D eigenvalue weighted by atomic mass is 9.88. The number of hydrogen-bond donors (Lipinski definition) is 0. The summed E-state index contributed by atoms with van der Waals surface area (Å²) in [6.45, 7) is 12.3. The van der Waals surface area contributed by atoms with Crippen LogP contribution in [-0.2, 0) is 18.9 Å². The number of unbranched alkanes of at least 4 members (excludes halogenated alkanes) is 5. The summed E-state index contributed by atoms with van der Waals surface area (Å²) in [5.41, 5.74) is 0. The molecule has 0 aliphatic carbocycles. The van der Waals surface area contributed by atoms with Gasteiger partial charge in [0.1, 0.15) is 6.10 Å².